The molecule has 2 fully saturated rings. The summed E-state index contributed by atoms with van der Waals surface area (Å²) in [4.78, 5) is 12.2. The van der Waals surface area contributed by atoms with Crippen LogP contribution >= 0.6 is 0 Å². The monoisotopic (exact) mass is 272 g/mol. The first-order valence-corrected chi connectivity index (χ1v) is 7.97. The van der Waals surface area contributed by atoms with E-state index in [0.29, 0.717) is 0 Å². The highest BCUT2D eigenvalue weighted by Gasteiger charge is 2.39. The molecule has 0 spiro atoms. The third kappa shape index (κ3) is 1.74. The summed E-state index contributed by atoms with van der Waals surface area (Å²) in [7, 11) is 2.15. The molecule has 0 radical (unpaired) electrons. The van der Waals surface area contributed by atoms with Crippen LogP contribution in [0, 0.1) is 0 Å². The molecular formula is C16H24N4. The van der Waals surface area contributed by atoms with Crippen molar-refractivity contribution in [1.29, 1.82) is 0 Å². The molecule has 0 saturated carbocycles. The average Bonchev–Trinajstić information content (AvgIpc) is 2.96. The molecule has 0 N–H and O–H groups in total. The lowest BCUT2D eigenvalue weighted by atomic mass is 10.1. The minimum absolute atomic E-state index is 0.765. The lowest BCUT2D eigenvalue weighted by Gasteiger charge is -2.42. The van der Waals surface area contributed by atoms with Crippen molar-refractivity contribution in [3.8, 4) is 0 Å². The van der Waals surface area contributed by atoms with Crippen LogP contribution in [0.5, 0.6) is 0 Å². The van der Waals surface area contributed by atoms with Crippen molar-refractivity contribution < 1.29 is 0 Å². The largest absolute Gasteiger partial charge is 0.368 e. The molecule has 2 atom stereocenters. The van der Waals surface area contributed by atoms with E-state index in [-0.39, 0.29) is 0 Å². The molecule has 3 aliphatic rings. The number of piperazine rings is 1. The highest BCUT2D eigenvalue weighted by atomic mass is 15.3. The van der Waals surface area contributed by atoms with Gasteiger partial charge in [0, 0.05) is 56.2 Å². The van der Waals surface area contributed by atoms with Gasteiger partial charge in [-0.15, -0.1) is 0 Å². The molecule has 4 nitrogen and oxygen atoms in total. The Balaban J connectivity index is 1.64. The van der Waals surface area contributed by atoms with E-state index < -0.39 is 0 Å². The van der Waals surface area contributed by atoms with E-state index in [0.717, 1.165) is 25.0 Å². The van der Waals surface area contributed by atoms with Crippen molar-refractivity contribution in [2.75, 3.05) is 43.0 Å². The summed E-state index contributed by atoms with van der Waals surface area (Å²) in [6, 6.07) is 3.77. The van der Waals surface area contributed by atoms with Gasteiger partial charge in [0.15, 0.2) is 0 Å². The SMILES string of the molecule is CCN1C2CCC1CN(c1ccnc3c1CCN3C)C2. The van der Waals surface area contributed by atoms with Crippen LogP contribution in [0.25, 0.3) is 0 Å². The Kier molecular flexibility index (Phi) is 2.88. The maximum atomic E-state index is 4.57. The van der Waals surface area contributed by atoms with E-state index in [1.54, 1.807) is 0 Å². The number of anilines is 2. The van der Waals surface area contributed by atoms with Crippen LogP contribution < -0.4 is 9.80 Å². The maximum absolute atomic E-state index is 4.57. The summed E-state index contributed by atoms with van der Waals surface area (Å²) >= 11 is 0. The van der Waals surface area contributed by atoms with E-state index in [4.69, 9.17) is 0 Å². The van der Waals surface area contributed by atoms with Crippen molar-refractivity contribution in [2.24, 2.45) is 0 Å². The molecule has 20 heavy (non-hydrogen) atoms. The number of hydrogen-bond donors (Lipinski definition) is 0. The van der Waals surface area contributed by atoms with Gasteiger partial charge in [-0.3, -0.25) is 4.90 Å². The quantitative estimate of drug-likeness (QED) is 0.818. The van der Waals surface area contributed by atoms with E-state index in [1.807, 2.05) is 6.20 Å². The van der Waals surface area contributed by atoms with Crippen LogP contribution in [0.15, 0.2) is 12.3 Å². The molecule has 4 rings (SSSR count). The molecule has 4 heterocycles. The maximum Gasteiger partial charge on any atom is 0.133 e. The number of hydrogen-bond acceptors (Lipinski definition) is 4. The van der Waals surface area contributed by atoms with Crippen molar-refractivity contribution in [3.05, 3.63) is 17.8 Å². The van der Waals surface area contributed by atoms with Gasteiger partial charge in [0.2, 0.25) is 0 Å². The Morgan fingerprint density at radius 1 is 1.25 bits per heavy atom. The predicted octanol–water partition coefficient (Wildman–Crippen LogP) is 1.75. The molecule has 3 aliphatic heterocycles. The number of pyridine rings is 1. The van der Waals surface area contributed by atoms with Crippen molar-refractivity contribution in [3.63, 3.8) is 0 Å². The van der Waals surface area contributed by atoms with Crippen LogP contribution in [0.1, 0.15) is 25.3 Å². The van der Waals surface area contributed by atoms with Crippen LogP contribution in [0.2, 0.25) is 0 Å². The molecule has 108 valence electrons. The third-order valence-electron chi connectivity index (χ3n) is 5.41. The minimum Gasteiger partial charge on any atom is -0.368 e. The Bertz CT molecular complexity index is 501. The molecule has 1 aromatic rings. The summed E-state index contributed by atoms with van der Waals surface area (Å²) in [5.41, 5.74) is 2.92. The van der Waals surface area contributed by atoms with Gasteiger partial charge in [0.05, 0.1) is 0 Å². The fourth-order valence-electron chi connectivity index (χ4n) is 4.43. The first-order chi connectivity index (χ1) is 9.78. The van der Waals surface area contributed by atoms with E-state index in [1.165, 1.54) is 49.5 Å². The average molecular weight is 272 g/mol. The zero-order chi connectivity index (χ0) is 13.7. The number of fused-ring (bicyclic) bond motifs is 3. The molecule has 2 bridgehead atoms. The first kappa shape index (κ1) is 12.5. The molecule has 0 aliphatic carbocycles. The van der Waals surface area contributed by atoms with E-state index >= 15 is 0 Å². The third-order valence-corrected chi connectivity index (χ3v) is 5.41. The topological polar surface area (TPSA) is 22.6 Å². The zero-order valence-corrected chi connectivity index (χ0v) is 12.5. The highest BCUT2D eigenvalue weighted by molar-refractivity contribution is 5.67. The second-order valence-corrected chi connectivity index (χ2v) is 6.42. The van der Waals surface area contributed by atoms with Crippen LogP contribution in [0.3, 0.4) is 0 Å². The van der Waals surface area contributed by atoms with Crippen LogP contribution in [-0.4, -0.2) is 55.2 Å². The molecule has 2 saturated heterocycles. The number of aromatic nitrogens is 1. The van der Waals surface area contributed by atoms with Gasteiger partial charge in [0.25, 0.3) is 0 Å². The smallest absolute Gasteiger partial charge is 0.133 e. The lowest BCUT2D eigenvalue weighted by molar-refractivity contribution is 0.179. The fraction of sp³-hybridized carbons (Fsp3) is 0.688. The van der Waals surface area contributed by atoms with Gasteiger partial charge < -0.3 is 9.80 Å². The van der Waals surface area contributed by atoms with Crippen molar-refractivity contribution >= 4 is 11.5 Å². The number of likely N-dealkylation sites (N-methyl/N-ethyl adjacent to an activating group) is 2. The molecule has 0 aromatic carbocycles. The standard InChI is InChI=1S/C16H24N4/c1-3-20-12-4-5-13(20)11-19(10-12)15-6-8-17-16-14(15)7-9-18(16)2/h6,8,12-13H,3-5,7,9-11H2,1-2H3. The van der Waals surface area contributed by atoms with Crippen LogP contribution in [-0.2, 0) is 6.42 Å². The Labute approximate surface area is 121 Å². The Hall–Kier alpha value is -1.29. The Morgan fingerprint density at radius 2 is 2.00 bits per heavy atom. The molecule has 4 heteroatoms. The van der Waals surface area contributed by atoms with Gasteiger partial charge in [-0.25, -0.2) is 4.98 Å². The second-order valence-electron chi connectivity index (χ2n) is 6.42. The summed E-state index contributed by atoms with van der Waals surface area (Å²) < 4.78 is 0. The second kappa shape index (κ2) is 4.62. The van der Waals surface area contributed by atoms with Gasteiger partial charge in [-0.1, -0.05) is 6.92 Å². The number of nitrogens with zero attached hydrogens (tertiary/aromatic N) is 4. The van der Waals surface area contributed by atoms with Crippen LogP contribution in [0.4, 0.5) is 11.5 Å². The number of rotatable bonds is 2. The molecular weight excluding hydrogens is 248 g/mol. The summed E-state index contributed by atoms with van der Waals surface area (Å²) in [6.45, 7) is 7.02. The molecule has 1 aromatic heterocycles. The van der Waals surface area contributed by atoms with E-state index in [2.05, 4.69) is 39.7 Å². The fourth-order valence-corrected chi connectivity index (χ4v) is 4.43. The van der Waals surface area contributed by atoms with Crippen molar-refractivity contribution in [2.45, 2.75) is 38.3 Å². The lowest BCUT2D eigenvalue weighted by Crippen LogP contribution is -2.53. The first-order valence-electron chi connectivity index (χ1n) is 7.97. The summed E-state index contributed by atoms with van der Waals surface area (Å²) in [6.07, 6.45) is 5.90. The van der Waals surface area contributed by atoms with Gasteiger partial charge in [-0.2, -0.15) is 0 Å². The van der Waals surface area contributed by atoms with Gasteiger partial charge >= 0.3 is 0 Å². The van der Waals surface area contributed by atoms with Crippen molar-refractivity contribution in [1.82, 2.24) is 9.88 Å². The normalized spacial score (nSPS) is 29.1. The Morgan fingerprint density at radius 3 is 2.70 bits per heavy atom. The zero-order valence-electron chi connectivity index (χ0n) is 12.5. The summed E-state index contributed by atoms with van der Waals surface area (Å²) in [5, 5.41) is 0. The molecule has 2 unspecified atom stereocenters. The minimum atomic E-state index is 0.765. The predicted molar refractivity (Wildman–Crippen MR) is 82.6 cm³/mol. The van der Waals surface area contributed by atoms with Gasteiger partial charge in [0.1, 0.15) is 5.82 Å². The van der Waals surface area contributed by atoms with E-state index in [9.17, 15) is 0 Å². The van der Waals surface area contributed by atoms with Gasteiger partial charge in [-0.05, 0) is 31.9 Å². The molecule has 0 amide bonds. The highest BCUT2D eigenvalue weighted by Crippen LogP contribution is 2.37. The summed E-state index contributed by atoms with van der Waals surface area (Å²) in [5.74, 6) is 1.20.